The van der Waals surface area contributed by atoms with E-state index in [-0.39, 0.29) is 5.56 Å². The van der Waals surface area contributed by atoms with Crippen LogP contribution in [0.1, 0.15) is 15.9 Å². The second kappa shape index (κ2) is 7.21. The summed E-state index contributed by atoms with van der Waals surface area (Å²) in [6, 6.07) is 12.6. The van der Waals surface area contributed by atoms with Gasteiger partial charge in [-0.2, -0.15) is 5.10 Å². The van der Waals surface area contributed by atoms with Crippen LogP contribution >= 0.6 is 27.5 Å². The number of hydrogen-bond acceptors (Lipinski definition) is 3. The van der Waals surface area contributed by atoms with Gasteiger partial charge in [0, 0.05) is 21.9 Å². The van der Waals surface area contributed by atoms with Gasteiger partial charge in [-0.05, 0) is 52.2 Å². The zero-order valence-electron chi connectivity index (χ0n) is 13.1. The Bertz CT molecular complexity index is 1020. The molecule has 0 aliphatic heterocycles. The summed E-state index contributed by atoms with van der Waals surface area (Å²) in [6.45, 7) is 1.89. The van der Waals surface area contributed by atoms with Gasteiger partial charge in [-0.3, -0.25) is 9.59 Å². The Kier molecular flexibility index (Phi) is 5.01. The molecule has 0 atom stereocenters. The molecular formula is C18H13BrClN3O2. The van der Waals surface area contributed by atoms with Crippen LogP contribution in [-0.4, -0.2) is 16.1 Å². The molecule has 1 amide bonds. The fourth-order valence-electron chi connectivity index (χ4n) is 2.49. The van der Waals surface area contributed by atoms with Crippen molar-refractivity contribution >= 4 is 39.1 Å². The molecule has 0 aliphatic rings. The van der Waals surface area contributed by atoms with E-state index in [2.05, 4.69) is 31.4 Å². The molecule has 0 aliphatic carbocycles. The van der Waals surface area contributed by atoms with Gasteiger partial charge in [-0.25, -0.2) is 5.10 Å². The number of carbonyl (C=O) groups is 1. The number of aromatic amines is 1. The minimum atomic E-state index is -0.538. The second-order valence-electron chi connectivity index (χ2n) is 5.33. The fraction of sp³-hybridized carbons (Fsp3) is 0.0556. The first-order valence-corrected chi connectivity index (χ1v) is 8.55. The van der Waals surface area contributed by atoms with Crippen LogP contribution in [0.3, 0.4) is 0 Å². The van der Waals surface area contributed by atoms with Gasteiger partial charge in [0.05, 0.1) is 5.02 Å². The molecule has 0 bridgehead atoms. The number of amides is 1. The van der Waals surface area contributed by atoms with Crippen LogP contribution < -0.4 is 10.9 Å². The van der Waals surface area contributed by atoms with Gasteiger partial charge in [0.2, 0.25) is 0 Å². The molecule has 126 valence electrons. The Hall–Kier alpha value is -2.44. The normalized spacial score (nSPS) is 10.5. The van der Waals surface area contributed by atoms with E-state index in [9.17, 15) is 9.59 Å². The van der Waals surface area contributed by atoms with E-state index in [0.29, 0.717) is 10.7 Å². The minimum Gasteiger partial charge on any atom is -0.322 e. The van der Waals surface area contributed by atoms with Gasteiger partial charge < -0.3 is 5.32 Å². The third kappa shape index (κ3) is 3.50. The van der Waals surface area contributed by atoms with Crippen molar-refractivity contribution in [2.24, 2.45) is 0 Å². The molecule has 2 aromatic carbocycles. The van der Waals surface area contributed by atoms with Crippen molar-refractivity contribution in [1.29, 1.82) is 0 Å². The Morgan fingerprint density at radius 1 is 1.16 bits per heavy atom. The predicted octanol–water partition coefficient (Wildman–Crippen LogP) is 4.41. The molecule has 0 saturated carbocycles. The summed E-state index contributed by atoms with van der Waals surface area (Å²) in [6.07, 6.45) is 1.36. The van der Waals surface area contributed by atoms with E-state index < -0.39 is 11.5 Å². The first kappa shape index (κ1) is 17.4. The maximum Gasteiger partial charge on any atom is 0.277 e. The summed E-state index contributed by atoms with van der Waals surface area (Å²) < 4.78 is 0.795. The number of halogens is 2. The SMILES string of the molecule is Cc1c(NC(=O)c2ccn[nH]c2=O)cccc1-c1cccc(Br)c1Cl. The summed E-state index contributed by atoms with van der Waals surface area (Å²) >= 11 is 9.81. The number of carbonyl (C=O) groups excluding carboxylic acids is 1. The highest BCUT2D eigenvalue weighted by atomic mass is 79.9. The Labute approximate surface area is 157 Å². The summed E-state index contributed by atoms with van der Waals surface area (Å²) in [5.74, 6) is -0.496. The molecule has 0 spiro atoms. The fourth-order valence-corrected chi connectivity index (χ4v) is 3.08. The highest BCUT2D eigenvalue weighted by molar-refractivity contribution is 9.10. The predicted molar refractivity (Wildman–Crippen MR) is 102 cm³/mol. The number of anilines is 1. The molecule has 0 radical (unpaired) electrons. The number of hydrogen-bond donors (Lipinski definition) is 2. The molecule has 0 saturated heterocycles. The van der Waals surface area contributed by atoms with E-state index in [1.54, 1.807) is 6.07 Å². The standard InChI is InChI=1S/C18H13BrClN3O2/c1-10-11(12-5-2-6-14(19)16(12)20)4-3-7-15(10)22-17(24)13-8-9-21-23-18(13)25/h2-9H,1H3,(H,22,24)(H,23,25). The van der Waals surface area contributed by atoms with Crippen molar-refractivity contribution in [2.75, 3.05) is 5.32 Å². The first-order valence-electron chi connectivity index (χ1n) is 7.38. The topological polar surface area (TPSA) is 74.8 Å². The summed E-state index contributed by atoms with van der Waals surface area (Å²) in [5.41, 5.74) is 2.67. The minimum absolute atomic E-state index is 0.000269. The molecule has 25 heavy (non-hydrogen) atoms. The maximum absolute atomic E-state index is 12.4. The van der Waals surface area contributed by atoms with Crippen molar-refractivity contribution in [2.45, 2.75) is 6.92 Å². The summed E-state index contributed by atoms with van der Waals surface area (Å²) in [7, 11) is 0. The van der Waals surface area contributed by atoms with Crippen LogP contribution in [-0.2, 0) is 0 Å². The largest absolute Gasteiger partial charge is 0.322 e. The molecule has 3 aromatic rings. The summed E-state index contributed by atoms with van der Waals surface area (Å²) in [4.78, 5) is 24.1. The Balaban J connectivity index is 2.00. The maximum atomic E-state index is 12.4. The van der Waals surface area contributed by atoms with Crippen LogP contribution in [0.5, 0.6) is 0 Å². The van der Waals surface area contributed by atoms with Gasteiger partial charge in [-0.15, -0.1) is 0 Å². The van der Waals surface area contributed by atoms with Crippen LogP contribution in [0.2, 0.25) is 5.02 Å². The van der Waals surface area contributed by atoms with E-state index in [0.717, 1.165) is 21.2 Å². The molecule has 0 fully saturated rings. The van der Waals surface area contributed by atoms with Crippen molar-refractivity contribution in [3.8, 4) is 11.1 Å². The van der Waals surface area contributed by atoms with Crippen LogP contribution in [0.25, 0.3) is 11.1 Å². The zero-order chi connectivity index (χ0) is 18.0. The van der Waals surface area contributed by atoms with Crippen molar-refractivity contribution in [3.63, 3.8) is 0 Å². The van der Waals surface area contributed by atoms with Crippen LogP contribution in [0.4, 0.5) is 5.69 Å². The average Bonchev–Trinajstić information content (AvgIpc) is 2.60. The lowest BCUT2D eigenvalue weighted by Crippen LogP contribution is -2.23. The molecule has 5 nitrogen and oxygen atoms in total. The first-order chi connectivity index (χ1) is 12.0. The number of nitrogens with one attached hydrogen (secondary N) is 2. The van der Waals surface area contributed by atoms with Gasteiger partial charge in [0.25, 0.3) is 11.5 Å². The molecule has 1 aromatic heterocycles. The highest BCUT2D eigenvalue weighted by Gasteiger charge is 2.15. The highest BCUT2D eigenvalue weighted by Crippen LogP contribution is 2.37. The van der Waals surface area contributed by atoms with Crippen LogP contribution in [0.15, 0.2) is 57.9 Å². The van der Waals surface area contributed by atoms with E-state index in [1.807, 2.05) is 37.3 Å². The van der Waals surface area contributed by atoms with Crippen molar-refractivity contribution < 1.29 is 4.79 Å². The lowest BCUT2D eigenvalue weighted by atomic mass is 9.99. The molecule has 2 N–H and O–H groups in total. The van der Waals surface area contributed by atoms with E-state index in [4.69, 9.17) is 11.6 Å². The van der Waals surface area contributed by atoms with Gasteiger partial charge >= 0.3 is 0 Å². The van der Waals surface area contributed by atoms with Crippen molar-refractivity contribution in [1.82, 2.24) is 10.2 Å². The summed E-state index contributed by atoms with van der Waals surface area (Å²) in [5, 5.41) is 9.20. The number of rotatable bonds is 3. The molecular weight excluding hydrogens is 406 g/mol. The quantitative estimate of drug-likeness (QED) is 0.661. The Morgan fingerprint density at radius 3 is 2.64 bits per heavy atom. The van der Waals surface area contributed by atoms with E-state index in [1.165, 1.54) is 12.3 Å². The number of aromatic nitrogens is 2. The molecule has 7 heteroatoms. The third-order valence-corrected chi connectivity index (χ3v) is 5.09. The molecule has 0 unspecified atom stereocenters. The zero-order valence-corrected chi connectivity index (χ0v) is 15.5. The number of H-pyrrole nitrogens is 1. The van der Waals surface area contributed by atoms with E-state index >= 15 is 0 Å². The third-order valence-electron chi connectivity index (χ3n) is 3.79. The lowest BCUT2D eigenvalue weighted by molar-refractivity contribution is 0.102. The lowest BCUT2D eigenvalue weighted by Gasteiger charge is -2.14. The average molecular weight is 419 g/mol. The molecule has 3 rings (SSSR count). The van der Waals surface area contributed by atoms with Crippen LogP contribution in [0, 0.1) is 6.92 Å². The molecule has 1 heterocycles. The van der Waals surface area contributed by atoms with Gasteiger partial charge in [-0.1, -0.05) is 35.9 Å². The smallest absolute Gasteiger partial charge is 0.277 e. The van der Waals surface area contributed by atoms with Gasteiger partial charge in [0.1, 0.15) is 5.56 Å². The van der Waals surface area contributed by atoms with Gasteiger partial charge in [0.15, 0.2) is 0 Å². The number of benzene rings is 2. The second-order valence-corrected chi connectivity index (χ2v) is 6.57. The number of nitrogens with zero attached hydrogens (tertiary/aromatic N) is 1. The Morgan fingerprint density at radius 2 is 1.88 bits per heavy atom. The monoisotopic (exact) mass is 417 g/mol. The van der Waals surface area contributed by atoms with Crippen molar-refractivity contribution in [3.05, 3.63) is 79.6 Å².